The van der Waals surface area contributed by atoms with Gasteiger partial charge in [0.05, 0.1) is 12.2 Å². The Bertz CT molecular complexity index is 964. The lowest BCUT2D eigenvalue weighted by atomic mass is 9.43. The lowest BCUT2D eigenvalue weighted by molar-refractivity contribution is -0.175. The van der Waals surface area contributed by atoms with Gasteiger partial charge >= 0.3 is 5.97 Å². The molecular formula is C26H43NO5. The summed E-state index contributed by atoms with van der Waals surface area (Å²) < 4.78 is 52.8. The van der Waals surface area contributed by atoms with E-state index in [2.05, 4.69) is 5.32 Å². The van der Waals surface area contributed by atoms with Crippen molar-refractivity contribution in [1.29, 1.82) is 0 Å². The van der Waals surface area contributed by atoms with Crippen LogP contribution < -0.4 is 5.32 Å². The fraction of sp³-hybridized carbons (Fsp3) is 0.923. The number of carbonyl (C=O) groups is 2. The monoisotopic (exact) mass is 455 g/mol. The highest BCUT2D eigenvalue weighted by atomic mass is 16.4. The minimum absolute atomic E-state index is 0.0115. The molecule has 4 saturated carbocycles. The molecule has 182 valence electrons. The van der Waals surface area contributed by atoms with Crippen molar-refractivity contribution in [3.8, 4) is 0 Å². The van der Waals surface area contributed by atoms with Gasteiger partial charge in [-0.15, -0.1) is 0 Å². The molecule has 6 nitrogen and oxygen atoms in total. The molecule has 4 aliphatic rings. The van der Waals surface area contributed by atoms with Crippen molar-refractivity contribution in [1.82, 2.24) is 5.32 Å². The summed E-state index contributed by atoms with van der Waals surface area (Å²) in [6.45, 7) is 5.28. The Morgan fingerprint density at radius 3 is 2.59 bits per heavy atom. The molecule has 1 amide bonds. The molecule has 4 rings (SSSR count). The molecule has 32 heavy (non-hydrogen) atoms. The highest BCUT2D eigenvalue weighted by molar-refractivity contribution is 5.81. The smallest absolute Gasteiger partial charge is 0.322 e. The number of hydrogen-bond donors (Lipinski definition) is 4. The van der Waals surface area contributed by atoms with Gasteiger partial charge in [-0.1, -0.05) is 20.8 Å². The second kappa shape index (κ2) is 8.90. The number of nitrogens with one attached hydrogen (secondary N) is 1. The van der Waals surface area contributed by atoms with Gasteiger partial charge in [-0.3, -0.25) is 9.59 Å². The van der Waals surface area contributed by atoms with Gasteiger partial charge in [0, 0.05) is 14.6 Å². The number of carboxylic acid groups (broad SMARTS) is 1. The molecule has 0 bridgehead atoms. The second-order valence-corrected chi connectivity index (χ2v) is 11.1. The van der Waals surface area contributed by atoms with Gasteiger partial charge in [-0.05, 0) is 104 Å². The van der Waals surface area contributed by atoms with Crippen molar-refractivity contribution in [2.75, 3.05) is 6.54 Å². The number of fused-ring (bicyclic) bond motifs is 5. The number of carbonyl (C=O) groups excluding carboxylic acids is 1. The van der Waals surface area contributed by atoms with Crippen molar-refractivity contribution >= 4 is 11.9 Å². The molecule has 0 unspecified atom stereocenters. The Morgan fingerprint density at radius 2 is 1.88 bits per heavy atom. The van der Waals surface area contributed by atoms with Crippen LogP contribution in [0.4, 0.5) is 0 Å². The molecular weight excluding hydrogens is 406 g/mol. The zero-order chi connectivity index (χ0) is 28.6. The highest BCUT2D eigenvalue weighted by Gasteiger charge is 2.63. The van der Waals surface area contributed by atoms with Crippen LogP contribution in [0.25, 0.3) is 0 Å². The maximum atomic E-state index is 12.1. The van der Waals surface area contributed by atoms with Crippen LogP contribution in [-0.2, 0) is 9.59 Å². The molecule has 4 fully saturated rings. The molecule has 0 spiro atoms. The summed E-state index contributed by atoms with van der Waals surface area (Å²) in [5.41, 5.74) is -1.84. The minimum atomic E-state index is -2.22. The molecule has 0 heterocycles. The standard InChI is InChI=1S/C26H43NO5/c1-15(4-9-23(30)27-14-24(31)32)19-7-8-20-18-6-5-16-12-17(28)10-11-25(16,2)21(18)13-22(29)26(19,20)3/h15-22,28-29H,4-14H2,1-3H3,(H,27,30)(H,31,32)/t15-,16-,17-,18+,19-,20+,21+,22+,25+,26-/m1/s1/i10D2,12D2,13D2. The number of aliphatic hydroxyl groups excluding tert-OH is 2. The highest BCUT2D eigenvalue weighted by Crippen LogP contribution is 2.68. The third-order valence-electron chi connectivity index (χ3n) is 9.54. The van der Waals surface area contributed by atoms with E-state index >= 15 is 0 Å². The molecule has 0 aromatic rings. The molecule has 0 aromatic heterocycles. The van der Waals surface area contributed by atoms with Gasteiger partial charge in [-0.25, -0.2) is 0 Å². The average Bonchev–Trinajstić information content (AvgIpc) is 3.15. The second-order valence-electron chi connectivity index (χ2n) is 11.1. The van der Waals surface area contributed by atoms with Gasteiger partial charge in [0.15, 0.2) is 0 Å². The SMILES string of the molecule is [2H]C1([2H])C[C@@]2(C)[C@H](CC[C@@H]3[C@@H]2C([2H])([2H])[C@H](O)[C@]2(C)[C@@H]([C@H](C)CCC(=O)NCC(=O)O)CC[C@@H]32)C([2H])([2H])[C@@H]1O. The fourth-order valence-corrected chi connectivity index (χ4v) is 7.79. The van der Waals surface area contributed by atoms with Gasteiger partial charge in [0.1, 0.15) is 6.54 Å². The lowest BCUT2D eigenvalue weighted by Crippen LogP contribution is -2.58. The van der Waals surface area contributed by atoms with Gasteiger partial charge in [0.25, 0.3) is 0 Å². The number of hydrogen-bond acceptors (Lipinski definition) is 4. The maximum Gasteiger partial charge on any atom is 0.322 e. The van der Waals surface area contributed by atoms with Crippen LogP contribution >= 0.6 is 0 Å². The summed E-state index contributed by atoms with van der Waals surface area (Å²) in [5, 5.41) is 33.5. The topological polar surface area (TPSA) is 107 Å². The summed E-state index contributed by atoms with van der Waals surface area (Å²) in [7, 11) is 0. The molecule has 6 heteroatoms. The minimum Gasteiger partial charge on any atom is -0.480 e. The van der Waals surface area contributed by atoms with Crippen LogP contribution in [0.5, 0.6) is 0 Å². The van der Waals surface area contributed by atoms with E-state index in [0.29, 0.717) is 19.3 Å². The molecule has 0 aromatic carbocycles. The van der Waals surface area contributed by atoms with Crippen molar-refractivity contribution < 1.29 is 33.1 Å². The predicted octanol–water partition coefficient (Wildman–Crippen LogP) is 3.59. The lowest BCUT2D eigenvalue weighted by Gasteiger charge is -2.62. The number of carboxylic acids is 1. The van der Waals surface area contributed by atoms with E-state index in [0.717, 1.165) is 12.8 Å². The molecule has 0 radical (unpaired) electrons. The third-order valence-corrected chi connectivity index (χ3v) is 9.54. The van der Waals surface area contributed by atoms with Crippen molar-refractivity contribution in [3.63, 3.8) is 0 Å². The first-order valence-electron chi connectivity index (χ1n) is 15.2. The summed E-state index contributed by atoms with van der Waals surface area (Å²) in [5.74, 6) is -3.19. The zero-order valence-electron chi connectivity index (χ0n) is 25.4. The van der Waals surface area contributed by atoms with Crippen molar-refractivity contribution in [2.24, 2.45) is 46.3 Å². The number of aliphatic hydroxyl groups is 2. The Balaban J connectivity index is 1.62. The van der Waals surface area contributed by atoms with E-state index in [1.165, 1.54) is 0 Å². The fourth-order valence-electron chi connectivity index (χ4n) is 7.79. The van der Waals surface area contributed by atoms with E-state index in [-0.39, 0.29) is 42.4 Å². The van der Waals surface area contributed by atoms with Crippen molar-refractivity contribution in [3.05, 3.63) is 0 Å². The number of rotatable bonds is 6. The van der Waals surface area contributed by atoms with E-state index in [4.69, 9.17) is 10.6 Å². The molecule has 4 aliphatic carbocycles. The van der Waals surface area contributed by atoms with Crippen LogP contribution in [0.15, 0.2) is 0 Å². The van der Waals surface area contributed by atoms with Crippen molar-refractivity contribution in [2.45, 2.75) is 97.0 Å². The maximum absolute atomic E-state index is 12.1. The zero-order valence-corrected chi connectivity index (χ0v) is 19.4. The number of amides is 1. The Morgan fingerprint density at radius 1 is 1.12 bits per heavy atom. The average molecular weight is 456 g/mol. The first-order valence-corrected chi connectivity index (χ1v) is 12.2. The third kappa shape index (κ3) is 4.00. The van der Waals surface area contributed by atoms with Crippen LogP contribution in [0, 0.1) is 46.3 Å². The predicted molar refractivity (Wildman–Crippen MR) is 122 cm³/mol. The Labute approximate surface area is 201 Å². The summed E-state index contributed by atoms with van der Waals surface area (Å²) in [6, 6.07) is 0. The summed E-state index contributed by atoms with van der Waals surface area (Å²) in [4.78, 5) is 22.8. The molecule has 4 N–H and O–H groups in total. The van der Waals surface area contributed by atoms with Gasteiger partial charge in [-0.2, -0.15) is 0 Å². The van der Waals surface area contributed by atoms with E-state index in [1.54, 1.807) is 6.92 Å². The normalized spacial score (nSPS) is 54.0. The van der Waals surface area contributed by atoms with E-state index in [9.17, 15) is 22.5 Å². The Kier molecular flexibility index (Phi) is 4.82. The van der Waals surface area contributed by atoms with Crippen LogP contribution in [-0.4, -0.2) is 45.9 Å². The van der Waals surface area contributed by atoms with E-state index < -0.39 is 66.5 Å². The first-order chi connectivity index (χ1) is 17.3. The molecule has 10 atom stereocenters. The molecule has 0 saturated heterocycles. The van der Waals surface area contributed by atoms with Gasteiger partial charge in [0.2, 0.25) is 5.91 Å². The van der Waals surface area contributed by atoms with E-state index in [1.807, 2.05) is 13.8 Å². The quantitative estimate of drug-likeness (QED) is 0.490. The van der Waals surface area contributed by atoms with Crippen LogP contribution in [0.2, 0.25) is 0 Å². The largest absolute Gasteiger partial charge is 0.480 e. The summed E-state index contributed by atoms with van der Waals surface area (Å²) >= 11 is 0. The number of aliphatic carboxylic acids is 1. The molecule has 0 aliphatic heterocycles. The van der Waals surface area contributed by atoms with Crippen LogP contribution in [0.1, 0.15) is 93.1 Å². The Hall–Kier alpha value is -1.14. The van der Waals surface area contributed by atoms with Gasteiger partial charge < -0.3 is 20.6 Å². The summed E-state index contributed by atoms with van der Waals surface area (Å²) in [6.07, 6.45) is -6.67. The van der Waals surface area contributed by atoms with Crippen LogP contribution in [0.3, 0.4) is 0 Å². The first kappa shape index (κ1) is 17.3.